The normalized spacial score (nSPS) is 19.7. The highest BCUT2D eigenvalue weighted by atomic mass is 16.2. The predicted molar refractivity (Wildman–Crippen MR) is 82.3 cm³/mol. The number of amides is 1. The van der Waals surface area contributed by atoms with Gasteiger partial charge in [0.25, 0.3) is 5.91 Å². The third-order valence-electron chi connectivity index (χ3n) is 4.35. The van der Waals surface area contributed by atoms with E-state index in [-0.39, 0.29) is 5.91 Å². The number of carbonyl (C=O) groups is 1. The molecule has 1 saturated heterocycles. The Balaban J connectivity index is 2.23. The molecule has 4 heteroatoms. The average Bonchev–Trinajstić information content (AvgIpc) is 2.73. The van der Waals surface area contributed by atoms with Gasteiger partial charge >= 0.3 is 0 Å². The van der Waals surface area contributed by atoms with Crippen molar-refractivity contribution >= 4 is 5.91 Å². The van der Waals surface area contributed by atoms with E-state index in [0.717, 1.165) is 37.2 Å². The summed E-state index contributed by atoms with van der Waals surface area (Å²) in [4.78, 5) is 14.8. The predicted octanol–water partition coefficient (Wildman–Crippen LogP) is 2.51. The van der Waals surface area contributed by atoms with Gasteiger partial charge in [-0.15, -0.1) is 0 Å². The molecule has 1 N–H and O–H groups in total. The Kier molecular flexibility index (Phi) is 4.53. The molecule has 0 radical (unpaired) electrons. The van der Waals surface area contributed by atoms with Crippen LogP contribution in [0.15, 0.2) is 6.07 Å². The van der Waals surface area contributed by atoms with Crippen LogP contribution >= 0.6 is 0 Å². The van der Waals surface area contributed by atoms with Gasteiger partial charge in [0.05, 0.1) is 5.56 Å². The van der Waals surface area contributed by atoms with E-state index in [9.17, 15) is 4.79 Å². The molecule has 4 nitrogen and oxygen atoms in total. The van der Waals surface area contributed by atoms with E-state index in [1.54, 1.807) is 0 Å². The number of rotatable bonds is 3. The van der Waals surface area contributed by atoms with Crippen LogP contribution in [0.4, 0.5) is 0 Å². The third kappa shape index (κ3) is 2.75. The maximum atomic E-state index is 12.8. The van der Waals surface area contributed by atoms with Gasteiger partial charge in [-0.3, -0.25) is 4.79 Å². The fourth-order valence-corrected chi connectivity index (χ4v) is 3.36. The summed E-state index contributed by atoms with van der Waals surface area (Å²) in [5.74, 6) is 0.185. The molecular formula is C16H27N3O. The lowest BCUT2D eigenvalue weighted by atomic mass is 10.0. The summed E-state index contributed by atoms with van der Waals surface area (Å²) in [6, 6.07) is 2.87. The molecular weight excluding hydrogens is 250 g/mol. The van der Waals surface area contributed by atoms with Crippen molar-refractivity contribution in [2.75, 3.05) is 20.1 Å². The van der Waals surface area contributed by atoms with E-state index >= 15 is 0 Å². The molecule has 2 rings (SSSR count). The van der Waals surface area contributed by atoms with Crippen molar-refractivity contribution < 1.29 is 4.79 Å². The number of likely N-dealkylation sites (tertiary alicyclic amines) is 1. The topological polar surface area (TPSA) is 37.3 Å². The molecule has 1 amide bonds. The van der Waals surface area contributed by atoms with Crippen molar-refractivity contribution in [1.82, 2.24) is 14.8 Å². The number of nitrogens with one attached hydrogen (secondary N) is 1. The van der Waals surface area contributed by atoms with Crippen molar-refractivity contribution in [1.29, 1.82) is 0 Å². The van der Waals surface area contributed by atoms with Gasteiger partial charge in [0.1, 0.15) is 0 Å². The van der Waals surface area contributed by atoms with Crippen molar-refractivity contribution in [3.8, 4) is 0 Å². The molecule has 1 aliphatic rings. The average molecular weight is 277 g/mol. The highest BCUT2D eigenvalue weighted by Gasteiger charge is 2.26. The number of nitrogens with zero attached hydrogens (tertiary/aromatic N) is 2. The second-order valence-corrected chi connectivity index (χ2v) is 6.13. The molecule has 1 fully saturated rings. The van der Waals surface area contributed by atoms with Crippen LogP contribution in [-0.4, -0.2) is 41.6 Å². The summed E-state index contributed by atoms with van der Waals surface area (Å²) in [5.41, 5.74) is 3.13. The first-order valence-corrected chi connectivity index (χ1v) is 7.60. The molecule has 1 unspecified atom stereocenters. The molecule has 1 aliphatic heterocycles. The number of hydrogen-bond acceptors (Lipinski definition) is 2. The highest BCUT2D eigenvalue weighted by Crippen LogP contribution is 2.22. The summed E-state index contributed by atoms with van der Waals surface area (Å²) in [6.07, 6.45) is 2.24. The summed E-state index contributed by atoms with van der Waals surface area (Å²) >= 11 is 0. The zero-order valence-electron chi connectivity index (χ0n) is 13.4. The first-order valence-electron chi connectivity index (χ1n) is 7.60. The Morgan fingerprint density at radius 2 is 2.10 bits per heavy atom. The van der Waals surface area contributed by atoms with E-state index < -0.39 is 0 Å². The van der Waals surface area contributed by atoms with Crippen LogP contribution < -0.4 is 5.32 Å². The van der Waals surface area contributed by atoms with Crippen molar-refractivity contribution in [2.24, 2.45) is 0 Å². The number of aromatic nitrogens is 1. The van der Waals surface area contributed by atoms with Gasteiger partial charge in [-0.2, -0.15) is 0 Å². The van der Waals surface area contributed by atoms with Crippen LogP contribution in [0.5, 0.6) is 0 Å². The Labute approximate surface area is 122 Å². The van der Waals surface area contributed by atoms with Crippen LogP contribution in [0.3, 0.4) is 0 Å². The Hall–Kier alpha value is -1.29. The largest absolute Gasteiger partial charge is 0.346 e. The van der Waals surface area contributed by atoms with Gasteiger partial charge < -0.3 is 14.8 Å². The second-order valence-electron chi connectivity index (χ2n) is 6.13. The Bertz CT molecular complexity index is 490. The van der Waals surface area contributed by atoms with Gasteiger partial charge in [0.2, 0.25) is 0 Å². The fourth-order valence-electron chi connectivity index (χ4n) is 3.36. The van der Waals surface area contributed by atoms with Gasteiger partial charge in [0, 0.05) is 36.6 Å². The molecule has 1 aromatic rings. The molecule has 0 aliphatic carbocycles. The van der Waals surface area contributed by atoms with Gasteiger partial charge in [-0.25, -0.2) is 0 Å². The Morgan fingerprint density at radius 3 is 2.65 bits per heavy atom. The molecule has 20 heavy (non-hydrogen) atoms. The number of hydrogen-bond donors (Lipinski definition) is 1. The lowest BCUT2D eigenvalue weighted by Gasteiger charge is -2.32. The van der Waals surface area contributed by atoms with Crippen molar-refractivity contribution in [3.05, 3.63) is 23.0 Å². The quantitative estimate of drug-likeness (QED) is 0.922. The highest BCUT2D eigenvalue weighted by molar-refractivity contribution is 5.95. The molecule has 1 atom stereocenters. The van der Waals surface area contributed by atoms with E-state index in [4.69, 9.17) is 0 Å². The summed E-state index contributed by atoms with van der Waals surface area (Å²) in [5, 5.41) is 3.29. The molecule has 0 saturated carbocycles. The number of piperidine rings is 1. The lowest BCUT2D eigenvalue weighted by molar-refractivity contribution is 0.0697. The lowest BCUT2D eigenvalue weighted by Crippen LogP contribution is -2.47. The van der Waals surface area contributed by atoms with Crippen LogP contribution in [0.25, 0.3) is 0 Å². The van der Waals surface area contributed by atoms with Crippen LogP contribution in [-0.2, 0) is 0 Å². The van der Waals surface area contributed by atoms with E-state index in [1.807, 2.05) is 18.0 Å². The second kappa shape index (κ2) is 6.00. The Morgan fingerprint density at radius 1 is 1.40 bits per heavy atom. The minimum Gasteiger partial charge on any atom is -0.346 e. The zero-order chi connectivity index (χ0) is 14.9. The van der Waals surface area contributed by atoms with E-state index in [2.05, 4.69) is 37.6 Å². The van der Waals surface area contributed by atoms with E-state index in [1.165, 1.54) is 5.69 Å². The third-order valence-corrected chi connectivity index (χ3v) is 4.35. The standard InChI is InChI=1S/C16H27N3O/c1-11(2)19-12(3)9-15(13(19)4)16(20)18-8-6-7-14(10-18)17-5/h9,11,14,17H,6-8,10H2,1-5H3. The smallest absolute Gasteiger partial charge is 0.255 e. The first-order chi connectivity index (χ1) is 9.45. The fraction of sp³-hybridized carbons (Fsp3) is 0.688. The zero-order valence-corrected chi connectivity index (χ0v) is 13.4. The minimum absolute atomic E-state index is 0.185. The van der Waals surface area contributed by atoms with Gasteiger partial charge in [0.15, 0.2) is 0 Å². The number of likely N-dealkylation sites (N-methyl/N-ethyl adjacent to an activating group) is 1. The number of aryl methyl sites for hydroxylation is 1. The number of carbonyl (C=O) groups excluding carboxylic acids is 1. The van der Waals surface area contributed by atoms with Crippen LogP contribution in [0.2, 0.25) is 0 Å². The summed E-state index contributed by atoms with van der Waals surface area (Å²) < 4.78 is 2.24. The minimum atomic E-state index is 0.185. The first kappa shape index (κ1) is 15.1. The maximum Gasteiger partial charge on any atom is 0.255 e. The van der Waals surface area contributed by atoms with Gasteiger partial charge in [-0.05, 0) is 53.7 Å². The van der Waals surface area contributed by atoms with Crippen LogP contribution in [0, 0.1) is 13.8 Å². The molecule has 0 spiro atoms. The van der Waals surface area contributed by atoms with Crippen molar-refractivity contribution in [2.45, 2.75) is 52.6 Å². The monoisotopic (exact) mass is 277 g/mol. The van der Waals surface area contributed by atoms with Crippen molar-refractivity contribution in [3.63, 3.8) is 0 Å². The molecule has 2 heterocycles. The van der Waals surface area contributed by atoms with Gasteiger partial charge in [-0.1, -0.05) is 0 Å². The summed E-state index contributed by atoms with van der Waals surface area (Å²) in [7, 11) is 1.98. The molecule has 112 valence electrons. The molecule has 1 aromatic heterocycles. The van der Waals surface area contributed by atoms with E-state index in [0.29, 0.717) is 12.1 Å². The molecule has 0 aromatic carbocycles. The summed E-state index contributed by atoms with van der Waals surface area (Å²) in [6.45, 7) is 10.2. The SMILES string of the molecule is CNC1CCCN(C(=O)c2cc(C)n(C(C)C)c2C)C1. The molecule has 0 bridgehead atoms. The maximum absolute atomic E-state index is 12.8. The van der Waals surface area contributed by atoms with Crippen LogP contribution in [0.1, 0.15) is 54.5 Å².